The van der Waals surface area contributed by atoms with Gasteiger partial charge in [-0.3, -0.25) is 4.90 Å². The lowest BCUT2D eigenvalue weighted by atomic mass is 10.0. The third-order valence-electron chi connectivity index (χ3n) is 3.44. The van der Waals surface area contributed by atoms with Gasteiger partial charge < -0.3 is 10.5 Å². The Morgan fingerprint density at radius 2 is 2.14 bits per heavy atom. The quantitative estimate of drug-likeness (QED) is 0.669. The zero-order valence-electron chi connectivity index (χ0n) is 11.7. The Bertz CT molecular complexity index is 718. The van der Waals surface area contributed by atoms with E-state index in [1.165, 1.54) is 23.5 Å². The Labute approximate surface area is 126 Å². The number of hydrogen-bond acceptors (Lipinski definition) is 5. The van der Waals surface area contributed by atoms with Gasteiger partial charge in [-0.15, -0.1) is 0 Å². The van der Waals surface area contributed by atoms with Crippen LogP contribution in [0.3, 0.4) is 0 Å². The minimum atomic E-state index is -0.580. The first-order valence-corrected chi connectivity index (χ1v) is 6.83. The monoisotopic (exact) mass is 298 g/mol. The highest BCUT2D eigenvalue weighted by atomic mass is 16.5. The van der Waals surface area contributed by atoms with Crippen molar-refractivity contribution >= 4 is 17.7 Å². The molecule has 2 amide bonds. The van der Waals surface area contributed by atoms with Gasteiger partial charge in [-0.25, -0.2) is 19.6 Å². The lowest BCUT2D eigenvalue weighted by Gasteiger charge is -2.28. The second-order valence-electron chi connectivity index (χ2n) is 4.87. The summed E-state index contributed by atoms with van der Waals surface area (Å²) in [6.45, 7) is 0.561. The molecule has 2 N–H and O–H groups in total. The molecule has 7 nitrogen and oxygen atoms in total. The molecule has 1 aliphatic rings. The molecule has 22 heavy (non-hydrogen) atoms. The fourth-order valence-corrected chi connectivity index (χ4v) is 2.42. The van der Waals surface area contributed by atoms with Crippen LogP contribution in [0.4, 0.5) is 10.5 Å². The second-order valence-corrected chi connectivity index (χ2v) is 4.87. The summed E-state index contributed by atoms with van der Waals surface area (Å²) in [4.78, 5) is 32.5. The van der Waals surface area contributed by atoms with E-state index in [0.29, 0.717) is 18.0 Å². The number of amides is 2. The number of fused-ring (bicyclic) bond motifs is 1. The van der Waals surface area contributed by atoms with E-state index < -0.39 is 12.0 Å². The molecule has 0 saturated heterocycles. The molecule has 112 valence electrons. The van der Waals surface area contributed by atoms with Gasteiger partial charge in [0.15, 0.2) is 5.69 Å². The van der Waals surface area contributed by atoms with Crippen LogP contribution in [0.15, 0.2) is 36.8 Å². The third-order valence-corrected chi connectivity index (χ3v) is 3.44. The number of anilines is 1. The molecular weight excluding hydrogens is 284 g/mol. The Kier molecular flexibility index (Phi) is 3.69. The zero-order valence-corrected chi connectivity index (χ0v) is 11.7. The maximum absolute atomic E-state index is 12.0. The molecule has 0 atom stereocenters. The number of esters is 1. The van der Waals surface area contributed by atoms with Crippen molar-refractivity contribution in [2.75, 3.05) is 11.4 Å². The highest BCUT2D eigenvalue weighted by molar-refractivity contribution is 5.93. The van der Waals surface area contributed by atoms with Gasteiger partial charge in [0.1, 0.15) is 12.1 Å². The summed E-state index contributed by atoms with van der Waals surface area (Å²) < 4.78 is 5.29. The van der Waals surface area contributed by atoms with Crippen LogP contribution in [-0.4, -0.2) is 28.5 Å². The fourth-order valence-electron chi connectivity index (χ4n) is 2.42. The summed E-state index contributed by atoms with van der Waals surface area (Å²) in [6, 6.07) is 6.14. The molecule has 0 radical (unpaired) electrons. The number of urea groups is 1. The average Bonchev–Trinajstić information content (AvgIpc) is 2.55. The molecule has 2 aromatic rings. The van der Waals surface area contributed by atoms with Crippen LogP contribution in [0.5, 0.6) is 5.75 Å². The topological polar surface area (TPSA) is 98.4 Å². The lowest BCUT2D eigenvalue weighted by molar-refractivity contribution is 0.0728. The van der Waals surface area contributed by atoms with Gasteiger partial charge in [0.25, 0.3) is 0 Å². The molecule has 7 heteroatoms. The number of aromatic nitrogens is 2. The van der Waals surface area contributed by atoms with E-state index in [4.69, 9.17) is 10.5 Å². The molecule has 0 unspecified atom stereocenters. The molecule has 0 spiro atoms. The molecule has 2 heterocycles. The molecule has 1 aromatic carbocycles. The number of benzene rings is 1. The molecule has 0 bridgehead atoms. The average molecular weight is 298 g/mol. The van der Waals surface area contributed by atoms with Crippen LogP contribution in [0.25, 0.3) is 0 Å². The highest BCUT2D eigenvalue weighted by Gasteiger charge is 2.21. The molecule has 0 saturated carbocycles. The fraction of sp³-hybridized carbons (Fsp3) is 0.200. The van der Waals surface area contributed by atoms with Gasteiger partial charge in [0.05, 0.1) is 5.69 Å². The number of nitrogens with two attached hydrogens (primary N) is 1. The van der Waals surface area contributed by atoms with Gasteiger partial charge in [0, 0.05) is 18.8 Å². The van der Waals surface area contributed by atoms with Crippen molar-refractivity contribution in [2.45, 2.75) is 12.8 Å². The van der Waals surface area contributed by atoms with Crippen LogP contribution in [0.1, 0.15) is 22.5 Å². The van der Waals surface area contributed by atoms with Gasteiger partial charge >= 0.3 is 12.0 Å². The number of nitrogens with zero attached hydrogens (tertiary/aromatic N) is 3. The highest BCUT2D eigenvalue weighted by Crippen LogP contribution is 2.31. The van der Waals surface area contributed by atoms with E-state index in [9.17, 15) is 9.59 Å². The molecule has 3 rings (SSSR count). The molecule has 1 aromatic heterocycles. The Balaban J connectivity index is 1.85. The van der Waals surface area contributed by atoms with E-state index in [1.54, 1.807) is 12.1 Å². The molecular formula is C15H14N4O3. The first kappa shape index (κ1) is 14.0. The van der Waals surface area contributed by atoms with Crippen molar-refractivity contribution in [2.24, 2.45) is 5.73 Å². The van der Waals surface area contributed by atoms with E-state index in [2.05, 4.69) is 9.97 Å². The van der Waals surface area contributed by atoms with Crippen molar-refractivity contribution < 1.29 is 14.3 Å². The minimum absolute atomic E-state index is 0.166. The largest absolute Gasteiger partial charge is 0.422 e. The van der Waals surface area contributed by atoms with Crippen molar-refractivity contribution in [3.8, 4) is 5.75 Å². The maximum Gasteiger partial charge on any atom is 0.362 e. The second kappa shape index (κ2) is 5.80. The number of hydrogen-bond donors (Lipinski definition) is 1. The van der Waals surface area contributed by atoms with Crippen LogP contribution in [0.2, 0.25) is 0 Å². The summed E-state index contributed by atoms with van der Waals surface area (Å²) in [5, 5.41) is 0. The first-order valence-electron chi connectivity index (χ1n) is 6.83. The van der Waals surface area contributed by atoms with E-state index in [0.717, 1.165) is 18.4 Å². The standard InChI is InChI=1S/C15H14N4O3/c16-15(21)19-7-1-2-10-3-4-11(8-13(10)19)22-14(20)12-5-6-17-9-18-12/h3-6,8-9H,1-2,7H2,(H2,16,21). The lowest BCUT2D eigenvalue weighted by Crippen LogP contribution is -2.39. The smallest absolute Gasteiger partial charge is 0.362 e. The first-order chi connectivity index (χ1) is 10.6. The summed E-state index contributed by atoms with van der Waals surface area (Å²) >= 11 is 0. The zero-order chi connectivity index (χ0) is 15.5. The van der Waals surface area contributed by atoms with Crippen LogP contribution < -0.4 is 15.4 Å². The molecule has 0 fully saturated rings. The van der Waals surface area contributed by atoms with Crippen LogP contribution >= 0.6 is 0 Å². The number of primary amides is 1. The van der Waals surface area contributed by atoms with Crippen molar-refractivity contribution in [1.29, 1.82) is 0 Å². The number of aryl methyl sites for hydroxylation is 1. The van der Waals surface area contributed by atoms with Crippen LogP contribution in [-0.2, 0) is 6.42 Å². The third kappa shape index (κ3) is 2.73. The van der Waals surface area contributed by atoms with Crippen molar-refractivity contribution in [3.05, 3.63) is 48.0 Å². The SMILES string of the molecule is NC(=O)N1CCCc2ccc(OC(=O)c3ccncn3)cc21. The summed E-state index contributed by atoms with van der Waals surface area (Å²) in [5.74, 6) is -0.237. The van der Waals surface area contributed by atoms with Gasteiger partial charge in [-0.1, -0.05) is 6.07 Å². The number of ether oxygens (including phenoxy) is 1. The predicted octanol–water partition coefficient (Wildman–Crippen LogP) is 1.53. The summed E-state index contributed by atoms with van der Waals surface area (Å²) in [5.41, 5.74) is 7.25. The Hall–Kier alpha value is -2.96. The normalized spacial score (nSPS) is 13.4. The van der Waals surface area contributed by atoms with Crippen molar-refractivity contribution in [3.63, 3.8) is 0 Å². The van der Waals surface area contributed by atoms with Gasteiger partial charge in [-0.2, -0.15) is 0 Å². The summed E-state index contributed by atoms with van der Waals surface area (Å²) in [7, 11) is 0. The van der Waals surface area contributed by atoms with E-state index >= 15 is 0 Å². The maximum atomic E-state index is 12.0. The number of carbonyl (C=O) groups excluding carboxylic acids is 2. The predicted molar refractivity (Wildman–Crippen MR) is 78.7 cm³/mol. The molecule has 1 aliphatic heterocycles. The van der Waals surface area contributed by atoms with Crippen LogP contribution in [0, 0.1) is 0 Å². The Morgan fingerprint density at radius 3 is 2.86 bits per heavy atom. The number of carbonyl (C=O) groups is 2. The van der Waals surface area contributed by atoms with E-state index in [1.807, 2.05) is 6.07 Å². The minimum Gasteiger partial charge on any atom is -0.422 e. The van der Waals surface area contributed by atoms with Gasteiger partial charge in [-0.05, 0) is 30.5 Å². The summed E-state index contributed by atoms with van der Waals surface area (Å²) in [6.07, 6.45) is 4.46. The molecule has 0 aliphatic carbocycles. The number of rotatable bonds is 2. The van der Waals surface area contributed by atoms with Gasteiger partial charge in [0.2, 0.25) is 0 Å². The van der Waals surface area contributed by atoms with E-state index in [-0.39, 0.29) is 5.69 Å². The Morgan fingerprint density at radius 1 is 1.27 bits per heavy atom. The van der Waals surface area contributed by atoms with Crippen molar-refractivity contribution in [1.82, 2.24) is 9.97 Å².